The molecule has 0 aromatic heterocycles. The summed E-state index contributed by atoms with van der Waals surface area (Å²) in [5.41, 5.74) is 6.29. The zero-order chi connectivity index (χ0) is 13.8. The number of carbonyl (C=O) groups excluding carboxylic acids is 1. The van der Waals surface area contributed by atoms with E-state index in [9.17, 15) is 4.79 Å². The number of nitrogens with zero attached hydrogens (tertiary/aromatic N) is 1. The maximum absolute atomic E-state index is 12.2. The van der Waals surface area contributed by atoms with Gasteiger partial charge in [-0.05, 0) is 37.0 Å². The van der Waals surface area contributed by atoms with Gasteiger partial charge in [0.2, 0.25) is 5.91 Å². The van der Waals surface area contributed by atoms with Gasteiger partial charge in [0, 0.05) is 13.1 Å². The van der Waals surface area contributed by atoms with Crippen LogP contribution < -0.4 is 5.73 Å². The van der Waals surface area contributed by atoms with Crippen molar-refractivity contribution in [2.75, 3.05) is 13.1 Å². The van der Waals surface area contributed by atoms with Crippen molar-refractivity contribution < 1.29 is 4.79 Å². The molecule has 1 fully saturated rings. The Labute approximate surface area is 112 Å². The lowest BCUT2D eigenvalue weighted by atomic mass is 9.77. The molecule has 0 aromatic carbocycles. The molecular formula is C15H30N2O. The number of hydrogen-bond acceptors (Lipinski definition) is 2. The molecule has 0 bridgehead atoms. The summed E-state index contributed by atoms with van der Waals surface area (Å²) >= 11 is 0. The highest BCUT2D eigenvalue weighted by Crippen LogP contribution is 2.34. The van der Waals surface area contributed by atoms with Crippen LogP contribution in [0.2, 0.25) is 0 Å². The van der Waals surface area contributed by atoms with Crippen molar-refractivity contribution >= 4 is 5.91 Å². The van der Waals surface area contributed by atoms with Crippen molar-refractivity contribution in [2.24, 2.45) is 17.1 Å². The van der Waals surface area contributed by atoms with E-state index >= 15 is 0 Å². The third-order valence-corrected chi connectivity index (χ3v) is 4.18. The first-order chi connectivity index (χ1) is 8.36. The zero-order valence-corrected chi connectivity index (χ0v) is 12.5. The van der Waals surface area contributed by atoms with Crippen molar-refractivity contribution in [2.45, 2.75) is 65.8 Å². The lowest BCUT2D eigenvalue weighted by molar-refractivity contribution is -0.132. The van der Waals surface area contributed by atoms with E-state index in [1.54, 1.807) is 0 Å². The molecule has 0 aromatic rings. The molecule has 106 valence electrons. The molecule has 0 spiro atoms. The van der Waals surface area contributed by atoms with Crippen molar-refractivity contribution in [3.8, 4) is 0 Å². The lowest BCUT2D eigenvalue weighted by Crippen LogP contribution is -2.44. The van der Waals surface area contributed by atoms with Crippen LogP contribution >= 0.6 is 0 Å². The van der Waals surface area contributed by atoms with E-state index in [1.165, 1.54) is 6.42 Å². The molecule has 0 aliphatic carbocycles. The zero-order valence-electron chi connectivity index (χ0n) is 12.5. The maximum atomic E-state index is 12.2. The van der Waals surface area contributed by atoms with Gasteiger partial charge in [0.05, 0.1) is 6.04 Å². The standard InChI is InChI=1S/C15H30N2O/c1-5-7-13(16)14(18)17-10-6-8-12(9-11-17)15(2,3)4/h12-13H,5-11,16H2,1-4H3/t12?,13-/m1/s1. The van der Waals surface area contributed by atoms with Crippen LogP contribution in [0.5, 0.6) is 0 Å². The molecule has 1 rings (SSSR count). The Balaban J connectivity index is 2.54. The number of amides is 1. The highest BCUT2D eigenvalue weighted by Gasteiger charge is 2.29. The minimum Gasteiger partial charge on any atom is -0.341 e. The third kappa shape index (κ3) is 4.27. The van der Waals surface area contributed by atoms with E-state index in [0.717, 1.165) is 44.7 Å². The molecule has 2 atom stereocenters. The molecule has 1 unspecified atom stereocenters. The Bertz CT molecular complexity index is 270. The average Bonchev–Trinajstić information content (AvgIpc) is 2.53. The van der Waals surface area contributed by atoms with Crippen LogP contribution in [-0.2, 0) is 4.79 Å². The second-order valence-electron chi connectivity index (χ2n) is 6.71. The SMILES string of the molecule is CCC[C@@H](N)C(=O)N1CCCC(C(C)(C)C)CC1. The second-order valence-corrected chi connectivity index (χ2v) is 6.71. The Hall–Kier alpha value is -0.570. The summed E-state index contributed by atoms with van der Waals surface area (Å²) in [5, 5.41) is 0. The van der Waals surface area contributed by atoms with Crippen LogP contribution in [0.3, 0.4) is 0 Å². The first kappa shape index (κ1) is 15.5. The minimum atomic E-state index is -0.291. The predicted octanol–water partition coefficient (Wildman–Crippen LogP) is 2.79. The highest BCUT2D eigenvalue weighted by molar-refractivity contribution is 5.81. The molecule has 0 saturated carbocycles. The molecule has 1 saturated heterocycles. The first-order valence-corrected chi connectivity index (χ1v) is 7.40. The molecule has 1 heterocycles. The molecule has 1 aliphatic heterocycles. The predicted molar refractivity (Wildman–Crippen MR) is 76.3 cm³/mol. The molecule has 0 radical (unpaired) electrons. The Morgan fingerprint density at radius 3 is 2.56 bits per heavy atom. The summed E-state index contributed by atoms with van der Waals surface area (Å²) < 4.78 is 0. The van der Waals surface area contributed by atoms with E-state index < -0.39 is 0 Å². The van der Waals surface area contributed by atoms with E-state index in [2.05, 4.69) is 27.7 Å². The minimum absolute atomic E-state index is 0.159. The Kier molecular flexibility index (Phi) is 5.64. The summed E-state index contributed by atoms with van der Waals surface area (Å²) in [5.74, 6) is 0.879. The molecule has 18 heavy (non-hydrogen) atoms. The summed E-state index contributed by atoms with van der Waals surface area (Å²) in [4.78, 5) is 14.2. The molecule has 1 aliphatic rings. The second kappa shape index (κ2) is 6.55. The Morgan fingerprint density at radius 2 is 2.00 bits per heavy atom. The van der Waals surface area contributed by atoms with Crippen LogP contribution in [0.25, 0.3) is 0 Å². The molecule has 2 N–H and O–H groups in total. The van der Waals surface area contributed by atoms with Crippen LogP contribution in [0.4, 0.5) is 0 Å². The number of nitrogens with two attached hydrogens (primary N) is 1. The first-order valence-electron chi connectivity index (χ1n) is 7.40. The normalized spacial score (nSPS) is 23.6. The molecule has 1 amide bonds. The molecular weight excluding hydrogens is 224 g/mol. The third-order valence-electron chi connectivity index (χ3n) is 4.18. The van der Waals surface area contributed by atoms with Crippen molar-refractivity contribution in [3.63, 3.8) is 0 Å². The number of likely N-dealkylation sites (tertiary alicyclic amines) is 1. The quantitative estimate of drug-likeness (QED) is 0.842. The van der Waals surface area contributed by atoms with E-state index in [4.69, 9.17) is 5.73 Å². The fourth-order valence-electron chi connectivity index (χ4n) is 2.85. The van der Waals surface area contributed by atoms with Gasteiger partial charge in [-0.3, -0.25) is 4.79 Å². The summed E-state index contributed by atoms with van der Waals surface area (Å²) in [6.45, 7) is 10.8. The maximum Gasteiger partial charge on any atom is 0.239 e. The summed E-state index contributed by atoms with van der Waals surface area (Å²) in [6, 6.07) is -0.291. The van der Waals surface area contributed by atoms with E-state index in [0.29, 0.717) is 5.41 Å². The fourth-order valence-corrected chi connectivity index (χ4v) is 2.85. The van der Waals surface area contributed by atoms with Crippen molar-refractivity contribution in [1.29, 1.82) is 0 Å². The summed E-state index contributed by atoms with van der Waals surface area (Å²) in [6.07, 6.45) is 5.25. The van der Waals surface area contributed by atoms with Crippen LogP contribution in [-0.4, -0.2) is 29.9 Å². The van der Waals surface area contributed by atoms with Gasteiger partial charge in [-0.15, -0.1) is 0 Å². The van der Waals surface area contributed by atoms with Gasteiger partial charge in [0.25, 0.3) is 0 Å². The van der Waals surface area contributed by atoms with Gasteiger partial charge in [-0.1, -0.05) is 34.1 Å². The van der Waals surface area contributed by atoms with Gasteiger partial charge in [0.15, 0.2) is 0 Å². The molecule has 3 heteroatoms. The van der Waals surface area contributed by atoms with Gasteiger partial charge < -0.3 is 10.6 Å². The van der Waals surface area contributed by atoms with Crippen LogP contribution in [0.1, 0.15) is 59.8 Å². The van der Waals surface area contributed by atoms with E-state index in [1.807, 2.05) is 4.90 Å². The average molecular weight is 254 g/mol. The largest absolute Gasteiger partial charge is 0.341 e. The lowest BCUT2D eigenvalue weighted by Gasteiger charge is -2.30. The van der Waals surface area contributed by atoms with Gasteiger partial charge >= 0.3 is 0 Å². The van der Waals surface area contributed by atoms with Crippen LogP contribution in [0, 0.1) is 11.3 Å². The van der Waals surface area contributed by atoms with Gasteiger partial charge in [0.1, 0.15) is 0 Å². The number of carbonyl (C=O) groups is 1. The number of rotatable bonds is 3. The topological polar surface area (TPSA) is 46.3 Å². The van der Waals surface area contributed by atoms with Gasteiger partial charge in [-0.2, -0.15) is 0 Å². The monoisotopic (exact) mass is 254 g/mol. The fraction of sp³-hybridized carbons (Fsp3) is 0.933. The van der Waals surface area contributed by atoms with Crippen molar-refractivity contribution in [3.05, 3.63) is 0 Å². The van der Waals surface area contributed by atoms with Crippen molar-refractivity contribution in [1.82, 2.24) is 4.90 Å². The highest BCUT2D eigenvalue weighted by atomic mass is 16.2. The summed E-state index contributed by atoms with van der Waals surface area (Å²) in [7, 11) is 0. The Morgan fingerprint density at radius 1 is 1.33 bits per heavy atom. The van der Waals surface area contributed by atoms with Gasteiger partial charge in [-0.25, -0.2) is 0 Å². The smallest absolute Gasteiger partial charge is 0.239 e. The molecule has 3 nitrogen and oxygen atoms in total. The number of hydrogen-bond donors (Lipinski definition) is 1. The van der Waals surface area contributed by atoms with Crippen LogP contribution in [0.15, 0.2) is 0 Å². The van der Waals surface area contributed by atoms with E-state index in [-0.39, 0.29) is 11.9 Å².